The van der Waals surface area contributed by atoms with Crippen LogP contribution in [0.25, 0.3) is 0 Å². The first-order valence-corrected chi connectivity index (χ1v) is 4.30. The molecule has 14 heavy (non-hydrogen) atoms. The summed E-state index contributed by atoms with van der Waals surface area (Å²) in [5.41, 5.74) is 7.19. The van der Waals surface area contributed by atoms with Gasteiger partial charge in [-0.2, -0.15) is 0 Å². The lowest BCUT2D eigenvalue weighted by molar-refractivity contribution is 0.0948. The van der Waals surface area contributed by atoms with E-state index < -0.39 is 0 Å². The monoisotopic (exact) mass is 257 g/mol. The number of phenolic OH excluding ortho intramolecular Hbond substituents is 1. The first kappa shape index (κ1) is 11.2. The van der Waals surface area contributed by atoms with E-state index in [1.165, 1.54) is 6.07 Å². The highest BCUT2D eigenvalue weighted by atomic mass is 79.9. The highest BCUT2D eigenvalue weighted by molar-refractivity contribution is 8.93. The van der Waals surface area contributed by atoms with Crippen LogP contribution in [0.1, 0.15) is 22.3 Å². The Morgan fingerprint density at radius 1 is 1.43 bits per heavy atom. The summed E-state index contributed by atoms with van der Waals surface area (Å²) in [5, 5.41) is 9.20. The van der Waals surface area contributed by atoms with E-state index in [4.69, 9.17) is 5.73 Å². The van der Waals surface area contributed by atoms with E-state index in [0.29, 0.717) is 12.0 Å². The number of carbonyl (C=O) groups is 1. The maximum Gasteiger partial charge on any atom is 0.179 e. The normalized spacial score (nSPS) is 19.8. The van der Waals surface area contributed by atoms with Crippen LogP contribution in [0, 0.1) is 0 Å². The summed E-state index contributed by atoms with van der Waals surface area (Å²) in [6.45, 7) is 0. The molecule has 0 amide bonds. The molecule has 1 aliphatic carbocycles. The zero-order chi connectivity index (χ0) is 9.42. The number of ketones is 1. The van der Waals surface area contributed by atoms with E-state index in [-0.39, 0.29) is 34.6 Å². The molecule has 0 radical (unpaired) electrons. The Labute approximate surface area is 92.7 Å². The third-order valence-corrected chi connectivity index (χ3v) is 2.42. The summed E-state index contributed by atoms with van der Waals surface area (Å²) in [5.74, 6) is 0.197. The fourth-order valence-corrected chi connectivity index (χ4v) is 1.67. The summed E-state index contributed by atoms with van der Waals surface area (Å²) in [7, 11) is 0. The van der Waals surface area contributed by atoms with Crippen LogP contribution in [0.15, 0.2) is 18.2 Å². The molecule has 0 saturated carbocycles. The van der Waals surface area contributed by atoms with Crippen molar-refractivity contribution < 1.29 is 9.90 Å². The number of aromatic hydroxyl groups is 1. The van der Waals surface area contributed by atoms with Gasteiger partial charge in [0.2, 0.25) is 0 Å². The first-order valence-electron chi connectivity index (χ1n) is 4.30. The van der Waals surface area contributed by atoms with Gasteiger partial charge >= 0.3 is 0 Å². The Morgan fingerprint density at radius 3 is 2.86 bits per heavy atom. The van der Waals surface area contributed by atoms with Gasteiger partial charge in [-0.1, -0.05) is 0 Å². The highest BCUT2D eigenvalue weighted by Crippen LogP contribution is 2.24. The fraction of sp³-hybridized carbons (Fsp3) is 0.300. The average molecular weight is 258 g/mol. The van der Waals surface area contributed by atoms with Gasteiger partial charge in [-0.05, 0) is 36.6 Å². The van der Waals surface area contributed by atoms with Crippen LogP contribution in [0.2, 0.25) is 0 Å². The number of hydrogen-bond donors (Lipinski definition) is 2. The van der Waals surface area contributed by atoms with Gasteiger partial charge in [0, 0.05) is 5.56 Å². The van der Waals surface area contributed by atoms with Gasteiger partial charge in [0.05, 0.1) is 6.04 Å². The molecule has 0 aromatic heterocycles. The lowest BCUT2D eigenvalue weighted by Gasteiger charge is -2.19. The van der Waals surface area contributed by atoms with Gasteiger partial charge in [-0.15, -0.1) is 17.0 Å². The number of fused-ring (bicyclic) bond motifs is 1. The first-order chi connectivity index (χ1) is 6.18. The van der Waals surface area contributed by atoms with Gasteiger partial charge < -0.3 is 10.8 Å². The summed E-state index contributed by atoms with van der Waals surface area (Å²) in [4.78, 5) is 11.5. The summed E-state index contributed by atoms with van der Waals surface area (Å²) < 4.78 is 0. The number of carbonyl (C=O) groups excluding carboxylic acids is 1. The Hall–Kier alpha value is -0.870. The molecule has 1 aromatic carbocycles. The lowest BCUT2D eigenvalue weighted by atomic mass is 9.87. The third kappa shape index (κ3) is 1.81. The second kappa shape index (κ2) is 4.11. The van der Waals surface area contributed by atoms with Crippen molar-refractivity contribution in [1.29, 1.82) is 0 Å². The number of Topliss-reactive ketones (excluding diaryl/α,β-unsaturated/α-hetero) is 1. The van der Waals surface area contributed by atoms with Crippen molar-refractivity contribution in [2.45, 2.75) is 18.9 Å². The van der Waals surface area contributed by atoms with Crippen LogP contribution in [0.5, 0.6) is 5.75 Å². The number of aryl methyl sites for hydroxylation is 1. The molecule has 76 valence electrons. The zero-order valence-electron chi connectivity index (χ0n) is 7.56. The Morgan fingerprint density at radius 2 is 2.14 bits per heavy atom. The second-order valence-corrected chi connectivity index (χ2v) is 3.35. The number of rotatable bonds is 0. The molecule has 0 fully saturated rings. The molecule has 0 aliphatic heterocycles. The Balaban J connectivity index is 0.000000980. The van der Waals surface area contributed by atoms with Crippen molar-refractivity contribution in [3.05, 3.63) is 29.3 Å². The molecule has 2 rings (SSSR count). The molecule has 0 saturated heterocycles. The van der Waals surface area contributed by atoms with Crippen LogP contribution in [-0.2, 0) is 6.42 Å². The second-order valence-electron chi connectivity index (χ2n) is 3.35. The van der Waals surface area contributed by atoms with E-state index >= 15 is 0 Å². The fourth-order valence-electron chi connectivity index (χ4n) is 1.67. The minimum Gasteiger partial charge on any atom is -0.508 e. The number of hydrogen-bond acceptors (Lipinski definition) is 3. The number of phenols is 1. The average Bonchev–Trinajstić information content (AvgIpc) is 2.12. The van der Waals surface area contributed by atoms with Gasteiger partial charge in [-0.3, -0.25) is 4.79 Å². The van der Waals surface area contributed by atoms with Crippen molar-refractivity contribution in [2.24, 2.45) is 5.73 Å². The molecule has 4 heteroatoms. The summed E-state index contributed by atoms with van der Waals surface area (Å²) in [6, 6.07) is 4.44. The minimum absolute atomic E-state index is 0. The van der Waals surface area contributed by atoms with Gasteiger partial charge in [0.1, 0.15) is 5.75 Å². The molecule has 0 spiro atoms. The third-order valence-electron chi connectivity index (χ3n) is 2.42. The van der Waals surface area contributed by atoms with Crippen LogP contribution in [-0.4, -0.2) is 16.9 Å². The largest absolute Gasteiger partial charge is 0.508 e. The number of benzene rings is 1. The van der Waals surface area contributed by atoms with E-state index in [9.17, 15) is 9.90 Å². The molecule has 1 unspecified atom stereocenters. The van der Waals surface area contributed by atoms with Crippen LogP contribution >= 0.6 is 17.0 Å². The van der Waals surface area contributed by atoms with Crippen molar-refractivity contribution >= 4 is 22.8 Å². The molecular formula is C10H12BrNO2. The molecule has 1 aromatic rings. The van der Waals surface area contributed by atoms with Gasteiger partial charge in [0.15, 0.2) is 5.78 Å². The topological polar surface area (TPSA) is 63.3 Å². The Bertz CT molecular complexity index is 365. The van der Waals surface area contributed by atoms with Crippen LogP contribution < -0.4 is 5.73 Å². The van der Waals surface area contributed by atoms with E-state index in [2.05, 4.69) is 0 Å². The lowest BCUT2D eigenvalue weighted by Crippen LogP contribution is -2.35. The number of halogens is 1. The standard InChI is InChI=1S/C10H11NO2.BrH/c11-9-4-1-6-5-7(12)2-3-8(6)10(9)13;/h2-3,5,9,12H,1,4,11H2;1H. The maximum absolute atomic E-state index is 11.5. The summed E-state index contributed by atoms with van der Waals surface area (Å²) >= 11 is 0. The van der Waals surface area contributed by atoms with Crippen molar-refractivity contribution in [2.75, 3.05) is 0 Å². The van der Waals surface area contributed by atoms with Crippen LogP contribution in [0.4, 0.5) is 0 Å². The highest BCUT2D eigenvalue weighted by Gasteiger charge is 2.23. The minimum atomic E-state index is -0.364. The molecule has 3 nitrogen and oxygen atoms in total. The van der Waals surface area contributed by atoms with Crippen LogP contribution in [0.3, 0.4) is 0 Å². The molecule has 1 aliphatic rings. The van der Waals surface area contributed by atoms with Crippen molar-refractivity contribution in [3.63, 3.8) is 0 Å². The van der Waals surface area contributed by atoms with E-state index in [1.54, 1.807) is 12.1 Å². The quantitative estimate of drug-likeness (QED) is 0.739. The van der Waals surface area contributed by atoms with E-state index in [1.807, 2.05) is 0 Å². The van der Waals surface area contributed by atoms with Gasteiger partial charge in [0.25, 0.3) is 0 Å². The van der Waals surface area contributed by atoms with Gasteiger partial charge in [-0.25, -0.2) is 0 Å². The smallest absolute Gasteiger partial charge is 0.179 e. The predicted molar refractivity (Wildman–Crippen MR) is 59.1 cm³/mol. The summed E-state index contributed by atoms with van der Waals surface area (Å²) in [6.07, 6.45) is 1.45. The molecule has 0 bridgehead atoms. The predicted octanol–water partition coefficient (Wildman–Crippen LogP) is 1.43. The van der Waals surface area contributed by atoms with Crippen molar-refractivity contribution in [3.8, 4) is 5.75 Å². The molecule has 1 atom stereocenters. The SMILES string of the molecule is Br.NC1CCc2cc(O)ccc2C1=O. The maximum atomic E-state index is 11.5. The Kier molecular flexibility index (Phi) is 3.29. The molecular weight excluding hydrogens is 246 g/mol. The number of nitrogens with two attached hydrogens (primary N) is 1. The zero-order valence-corrected chi connectivity index (χ0v) is 9.28. The molecule has 0 heterocycles. The van der Waals surface area contributed by atoms with E-state index in [0.717, 1.165) is 12.0 Å². The molecule has 3 N–H and O–H groups in total. The van der Waals surface area contributed by atoms with Crippen molar-refractivity contribution in [1.82, 2.24) is 0 Å².